The topological polar surface area (TPSA) is 129 Å². The van der Waals surface area contributed by atoms with Crippen LogP contribution in [0.4, 0.5) is 16.2 Å². The second-order valence-electron chi connectivity index (χ2n) is 16.9. The molecule has 0 aliphatic carbocycles. The van der Waals surface area contributed by atoms with Gasteiger partial charge in [-0.25, -0.2) is 14.5 Å². The Labute approximate surface area is 383 Å². The van der Waals surface area contributed by atoms with Crippen molar-refractivity contribution in [3.05, 3.63) is 131 Å². The average Bonchev–Trinajstić information content (AvgIpc) is 3.80. The fraction of sp³-hybridized carbons (Fsp3) is 0.423. The van der Waals surface area contributed by atoms with Gasteiger partial charge in [-0.3, -0.25) is 19.4 Å². The molecule has 3 atom stereocenters. The molecule has 2 aliphatic heterocycles. The summed E-state index contributed by atoms with van der Waals surface area (Å²) in [7, 11) is 0. The molecule has 64 heavy (non-hydrogen) atoms. The smallest absolute Gasteiger partial charge is 0.338 e. The number of nitrogens with zero attached hydrogens (tertiary/aromatic N) is 4. The van der Waals surface area contributed by atoms with E-state index in [-0.39, 0.29) is 36.0 Å². The molecule has 3 unspecified atom stereocenters. The summed E-state index contributed by atoms with van der Waals surface area (Å²) in [6.07, 6.45) is 17.1. The number of ketones is 1. The van der Waals surface area contributed by atoms with Crippen molar-refractivity contribution in [3.8, 4) is 0 Å². The van der Waals surface area contributed by atoms with E-state index in [9.17, 15) is 19.2 Å². The van der Waals surface area contributed by atoms with E-state index in [1.165, 1.54) is 93.7 Å². The van der Waals surface area contributed by atoms with Crippen molar-refractivity contribution in [1.29, 1.82) is 0 Å². The summed E-state index contributed by atoms with van der Waals surface area (Å²) < 4.78 is 5.60. The third-order valence-electron chi connectivity index (χ3n) is 12.0. The number of esters is 1. The molecule has 0 spiro atoms. The van der Waals surface area contributed by atoms with Gasteiger partial charge in [-0.1, -0.05) is 181 Å². The Morgan fingerprint density at radius 2 is 1.31 bits per heavy atom. The molecule has 338 valence electrons. The maximum Gasteiger partial charge on any atom is 0.338 e. The number of hydrazone groups is 1. The Hall–Kier alpha value is -5.81. The number of ether oxygens (including phenoxy) is 1. The number of carbonyl (C=O) groups is 5. The maximum absolute atomic E-state index is 15.2. The van der Waals surface area contributed by atoms with Crippen molar-refractivity contribution in [2.24, 2.45) is 11.0 Å². The van der Waals surface area contributed by atoms with E-state index < -0.39 is 47.6 Å². The quantitative estimate of drug-likeness (QED) is 0.0304. The zero-order chi connectivity index (χ0) is 45.3. The van der Waals surface area contributed by atoms with Gasteiger partial charge in [0, 0.05) is 6.54 Å². The maximum atomic E-state index is 15.2. The van der Waals surface area contributed by atoms with Crippen LogP contribution in [-0.4, -0.2) is 70.3 Å². The number of carbonyl (C=O) groups excluding carboxylic acids is 5. The molecular weight excluding hydrogens is 826 g/mol. The number of unbranched alkanes of at least 4 members (excludes halogenated alkanes) is 13. The standard InChI is InChI=1S/C52H62ClN5O6/c1-3-4-5-6-7-8-9-10-11-12-13-14-15-25-34-64-51(62)41-32-33-43(53)44(35-41)54-50(61)48(57-45(59)37-56(52(57)63)36-39-26-19-16-20-27-39)49(60)46-38(2)58(42-30-23-18-24-31-42)55-47(46)40-28-21-17-22-29-40/h16-24,26-33,35,38,46,48H,3-15,25,34,36-37H2,1-2H3,(H,54,61). The van der Waals surface area contributed by atoms with E-state index in [0.29, 0.717) is 11.3 Å². The number of halogens is 1. The zero-order valence-corrected chi connectivity index (χ0v) is 38.0. The number of nitrogens with one attached hydrogen (secondary N) is 1. The third kappa shape index (κ3) is 12.7. The molecule has 12 heteroatoms. The fourth-order valence-corrected chi connectivity index (χ4v) is 8.68. The Morgan fingerprint density at radius 1 is 0.750 bits per heavy atom. The number of Topliss-reactive ketones (excluding diaryl/α,β-unsaturated/α-hetero) is 1. The molecule has 6 rings (SSSR count). The largest absolute Gasteiger partial charge is 0.462 e. The Balaban J connectivity index is 1.14. The first-order valence-electron chi connectivity index (χ1n) is 23.1. The van der Waals surface area contributed by atoms with Crippen LogP contribution in [0, 0.1) is 5.92 Å². The van der Waals surface area contributed by atoms with E-state index in [1.807, 2.05) is 97.9 Å². The molecule has 1 N–H and O–H groups in total. The van der Waals surface area contributed by atoms with E-state index in [4.69, 9.17) is 21.4 Å². The lowest BCUT2D eigenvalue weighted by atomic mass is 9.84. The van der Waals surface area contributed by atoms with Crippen LogP contribution in [0.1, 0.15) is 125 Å². The molecule has 0 radical (unpaired) electrons. The van der Waals surface area contributed by atoms with Gasteiger partial charge in [-0.05, 0) is 54.8 Å². The van der Waals surface area contributed by atoms with Gasteiger partial charge in [0.2, 0.25) is 0 Å². The number of anilines is 2. The molecule has 1 fully saturated rings. The SMILES string of the molecule is CCCCCCCCCCCCCCCCOC(=O)c1ccc(Cl)c(NC(=O)C(C(=O)C2C(c3ccccc3)=NN(c3ccccc3)C2C)N2C(=O)CN(Cc3ccccc3)C2=O)c1. The Morgan fingerprint density at radius 3 is 1.92 bits per heavy atom. The second kappa shape index (κ2) is 24.3. The highest BCUT2D eigenvalue weighted by Gasteiger charge is 2.52. The summed E-state index contributed by atoms with van der Waals surface area (Å²) in [4.78, 5) is 73.4. The summed E-state index contributed by atoms with van der Waals surface area (Å²) in [6, 6.07) is 28.7. The van der Waals surface area contributed by atoms with E-state index >= 15 is 4.79 Å². The summed E-state index contributed by atoms with van der Waals surface area (Å²) in [5.74, 6) is -3.99. The van der Waals surface area contributed by atoms with Crippen molar-refractivity contribution >= 4 is 58.3 Å². The van der Waals surface area contributed by atoms with Crippen LogP contribution in [0.25, 0.3) is 0 Å². The van der Waals surface area contributed by atoms with Crippen LogP contribution in [-0.2, 0) is 25.7 Å². The monoisotopic (exact) mass is 887 g/mol. The minimum absolute atomic E-state index is 0.0259. The van der Waals surface area contributed by atoms with Crippen LogP contribution in [0.2, 0.25) is 5.02 Å². The first kappa shape index (κ1) is 47.7. The van der Waals surface area contributed by atoms with Crippen molar-refractivity contribution < 1.29 is 28.7 Å². The van der Waals surface area contributed by atoms with Crippen LogP contribution in [0.5, 0.6) is 0 Å². The lowest BCUT2D eigenvalue weighted by Crippen LogP contribution is -2.56. The predicted octanol–water partition coefficient (Wildman–Crippen LogP) is 11.2. The lowest BCUT2D eigenvalue weighted by Gasteiger charge is -2.30. The molecule has 11 nitrogen and oxygen atoms in total. The van der Waals surface area contributed by atoms with Crippen LogP contribution >= 0.6 is 11.6 Å². The van der Waals surface area contributed by atoms with E-state index in [0.717, 1.165) is 35.4 Å². The highest BCUT2D eigenvalue weighted by Crippen LogP contribution is 2.34. The van der Waals surface area contributed by atoms with Crippen LogP contribution < -0.4 is 10.3 Å². The Bertz CT molecular complexity index is 2200. The van der Waals surface area contributed by atoms with Crippen molar-refractivity contribution in [2.75, 3.05) is 23.5 Å². The molecule has 1 saturated heterocycles. The highest BCUT2D eigenvalue weighted by molar-refractivity contribution is 6.34. The van der Waals surface area contributed by atoms with Gasteiger partial charge in [0.1, 0.15) is 6.54 Å². The zero-order valence-electron chi connectivity index (χ0n) is 37.3. The third-order valence-corrected chi connectivity index (χ3v) is 12.4. The summed E-state index contributed by atoms with van der Waals surface area (Å²) >= 11 is 6.61. The number of hydrogen-bond acceptors (Lipinski definition) is 8. The van der Waals surface area contributed by atoms with Gasteiger partial charge < -0.3 is 15.0 Å². The van der Waals surface area contributed by atoms with Crippen LogP contribution in [0.15, 0.2) is 114 Å². The predicted molar refractivity (Wildman–Crippen MR) is 253 cm³/mol. The van der Waals surface area contributed by atoms with Crippen molar-refractivity contribution in [1.82, 2.24) is 9.80 Å². The molecule has 0 saturated carbocycles. The first-order valence-corrected chi connectivity index (χ1v) is 23.5. The van der Waals surface area contributed by atoms with Crippen LogP contribution in [0.3, 0.4) is 0 Å². The number of rotatable bonds is 25. The molecule has 4 amide bonds. The first-order chi connectivity index (χ1) is 31.2. The summed E-state index contributed by atoms with van der Waals surface area (Å²) in [5.41, 5.74) is 2.72. The minimum atomic E-state index is -1.91. The number of amides is 4. The number of benzene rings is 4. The van der Waals surface area contributed by atoms with Gasteiger partial charge >= 0.3 is 12.0 Å². The Kier molecular flexibility index (Phi) is 18.1. The van der Waals surface area contributed by atoms with Crippen molar-refractivity contribution in [3.63, 3.8) is 0 Å². The number of urea groups is 1. The lowest BCUT2D eigenvalue weighted by molar-refractivity contribution is -0.140. The molecule has 4 aromatic carbocycles. The van der Waals surface area contributed by atoms with Gasteiger partial charge in [0.25, 0.3) is 11.8 Å². The normalized spacial score (nSPS) is 16.5. The average molecular weight is 889 g/mol. The van der Waals surface area contributed by atoms with E-state index in [2.05, 4.69) is 12.2 Å². The van der Waals surface area contributed by atoms with Gasteiger partial charge in [0.15, 0.2) is 11.8 Å². The van der Waals surface area contributed by atoms with Gasteiger partial charge in [0.05, 0.1) is 46.2 Å². The highest BCUT2D eigenvalue weighted by atomic mass is 35.5. The summed E-state index contributed by atoms with van der Waals surface area (Å²) in [6.45, 7) is 4.09. The fourth-order valence-electron chi connectivity index (χ4n) is 8.52. The second-order valence-corrected chi connectivity index (χ2v) is 17.3. The molecule has 0 bridgehead atoms. The minimum Gasteiger partial charge on any atom is -0.462 e. The molecular formula is C52H62ClN5O6. The summed E-state index contributed by atoms with van der Waals surface area (Å²) in [5, 5.41) is 9.43. The molecule has 4 aromatic rings. The van der Waals surface area contributed by atoms with Crippen molar-refractivity contribution in [2.45, 2.75) is 122 Å². The molecule has 0 aromatic heterocycles. The number of imide groups is 1. The van der Waals surface area contributed by atoms with Gasteiger partial charge in [-0.15, -0.1) is 0 Å². The molecule has 2 aliphatic rings. The van der Waals surface area contributed by atoms with E-state index in [1.54, 1.807) is 5.01 Å². The molecule has 2 heterocycles. The van der Waals surface area contributed by atoms with Gasteiger partial charge in [-0.2, -0.15) is 5.10 Å². The number of para-hydroxylation sites is 1. The number of hydrogen-bond donors (Lipinski definition) is 1.